The number of carbonyl (C=O) groups excluding carboxylic acids is 2. The summed E-state index contributed by atoms with van der Waals surface area (Å²) in [5.41, 5.74) is 2.09. The number of benzene rings is 1. The smallest absolute Gasteiger partial charge is 0.305 e. The molecule has 0 heterocycles. The summed E-state index contributed by atoms with van der Waals surface area (Å²) in [6.45, 7) is 5.37. The average molecular weight is 479 g/mol. The van der Waals surface area contributed by atoms with E-state index in [0.717, 1.165) is 29.1 Å². The quantitative estimate of drug-likeness (QED) is 0.225. The van der Waals surface area contributed by atoms with E-state index in [9.17, 15) is 19.8 Å². The molecule has 33 heavy (non-hydrogen) atoms. The first-order chi connectivity index (χ1) is 15.9. The number of esters is 1. The van der Waals surface area contributed by atoms with Crippen LogP contribution in [0.1, 0.15) is 50.7 Å². The molecule has 1 aliphatic rings. The second-order valence-corrected chi connectivity index (χ2v) is 9.57. The molecule has 0 saturated heterocycles. The van der Waals surface area contributed by atoms with Crippen molar-refractivity contribution in [3.63, 3.8) is 0 Å². The van der Waals surface area contributed by atoms with Crippen molar-refractivity contribution < 1.29 is 29.3 Å². The predicted octanol–water partition coefficient (Wildman–Crippen LogP) is 3.72. The van der Waals surface area contributed by atoms with Crippen LogP contribution in [0.4, 0.5) is 0 Å². The zero-order valence-corrected chi connectivity index (χ0v) is 20.6. The van der Waals surface area contributed by atoms with Crippen molar-refractivity contribution >= 4 is 23.5 Å². The van der Waals surface area contributed by atoms with Crippen LogP contribution in [0, 0.1) is 11.8 Å². The fourth-order valence-corrected chi connectivity index (χ4v) is 5.06. The molecule has 1 aliphatic carbocycles. The zero-order chi connectivity index (χ0) is 24.1. The number of ketones is 1. The van der Waals surface area contributed by atoms with E-state index < -0.39 is 12.2 Å². The normalized spacial score (nSPS) is 21.6. The number of hydrogen-bond donors (Lipinski definition) is 2. The predicted molar refractivity (Wildman–Crippen MR) is 131 cm³/mol. The highest BCUT2D eigenvalue weighted by molar-refractivity contribution is 7.99. The van der Waals surface area contributed by atoms with Gasteiger partial charge in [0.25, 0.3) is 0 Å². The lowest BCUT2D eigenvalue weighted by molar-refractivity contribution is -0.143. The van der Waals surface area contributed by atoms with Gasteiger partial charge < -0.3 is 19.7 Å². The minimum absolute atomic E-state index is 0.0855. The van der Waals surface area contributed by atoms with Crippen molar-refractivity contribution in [3.8, 4) is 0 Å². The molecule has 6 nitrogen and oxygen atoms in total. The van der Waals surface area contributed by atoms with Gasteiger partial charge in [-0.15, -0.1) is 0 Å². The Hall–Kier alpha value is -1.67. The Balaban J connectivity index is 1.80. The summed E-state index contributed by atoms with van der Waals surface area (Å²) in [6, 6.07) is 7.96. The monoisotopic (exact) mass is 478 g/mol. The van der Waals surface area contributed by atoms with Crippen molar-refractivity contribution in [3.05, 3.63) is 47.5 Å². The summed E-state index contributed by atoms with van der Waals surface area (Å²) < 4.78 is 10.4. The third-order valence-corrected chi connectivity index (χ3v) is 6.85. The number of ether oxygens (including phenoxy) is 2. The molecule has 0 spiro atoms. The Kier molecular flexibility index (Phi) is 12.8. The minimum atomic E-state index is -0.700. The minimum Gasteiger partial charge on any atom is -0.466 e. The van der Waals surface area contributed by atoms with E-state index >= 15 is 0 Å². The second kappa shape index (κ2) is 15.3. The van der Waals surface area contributed by atoms with E-state index in [2.05, 4.69) is 0 Å². The maximum atomic E-state index is 12.4. The van der Waals surface area contributed by atoms with Crippen LogP contribution in [0.15, 0.2) is 36.4 Å². The van der Waals surface area contributed by atoms with E-state index in [-0.39, 0.29) is 30.0 Å². The van der Waals surface area contributed by atoms with Gasteiger partial charge in [-0.05, 0) is 49.3 Å². The van der Waals surface area contributed by atoms with Crippen LogP contribution in [-0.4, -0.2) is 58.9 Å². The molecule has 0 unspecified atom stereocenters. The Morgan fingerprint density at radius 1 is 1.24 bits per heavy atom. The number of aliphatic hydroxyl groups excluding tert-OH is 2. The molecular formula is C26H38O6S. The Labute approximate surface area is 201 Å². The molecule has 1 aromatic carbocycles. The fourth-order valence-electron chi connectivity index (χ4n) is 4.09. The maximum Gasteiger partial charge on any atom is 0.305 e. The zero-order valence-electron chi connectivity index (χ0n) is 19.8. The molecular weight excluding hydrogens is 440 g/mol. The standard InChI is InChI=1S/C26H38O6S/c1-3-31-18-20-8-5-7-19(15-20)16-21(27)10-11-22-23(25(29)17-24(22)28)12-14-33-13-6-9-26(30)32-4-2/h5,7-8,10-11,15,21-24,27-28H,3-4,6,9,12-14,16-18H2,1-2H3/b11-10+/t21-,22-,23-,24-/m1/s1. The van der Waals surface area contributed by atoms with Crippen LogP contribution in [0.25, 0.3) is 0 Å². The van der Waals surface area contributed by atoms with E-state index in [1.165, 1.54) is 0 Å². The number of carbonyl (C=O) groups is 2. The van der Waals surface area contributed by atoms with Crippen molar-refractivity contribution in [1.29, 1.82) is 0 Å². The van der Waals surface area contributed by atoms with Crippen LogP contribution in [0.2, 0.25) is 0 Å². The fraction of sp³-hybridized carbons (Fsp3) is 0.615. The third kappa shape index (κ3) is 10.0. The Bertz CT molecular complexity index is 765. The lowest BCUT2D eigenvalue weighted by Gasteiger charge is -2.18. The molecule has 0 radical (unpaired) electrons. The van der Waals surface area contributed by atoms with E-state index in [1.54, 1.807) is 24.8 Å². The Morgan fingerprint density at radius 3 is 2.79 bits per heavy atom. The number of hydrogen-bond acceptors (Lipinski definition) is 7. The van der Waals surface area contributed by atoms with Crippen molar-refractivity contribution in [2.75, 3.05) is 24.7 Å². The molecule has 2 N–H and O–H groups in total. The maximum absolute atomic E-state index is 12.4. The number of aliphatic hydroxyl groups is 2. The van der Waals surface area contributed by atoms with Crippen LogP contribution < -0.4 is 0 Å². The molecule has 1 fully saturated rings. The summed E-state index contributed by atoms with van der Waals surface area (Å²) in [4.78, 5) is 23.8. The van der Waals surface area contributed by atoms with Gasteiger partial charge >= 0.3 is 5.97 Å². The summed E-state index contributed by atoms with van der Waals surface area (Å²) in [7, 11) is 0. The van der Waals surface area contributed by atoms with Crippen LogP contribution in [0.5, 0.6) is 0 Å². The highest BCUT2D eigenvalue weighted by Crippen LogP contribution is 2.34. The Morgan fingerprint density at radius 2 is 2.03 bits per heavy atom. The van der Waals surface area contributed by atoms with Crippen LogP contribution >= 0.6 is 11.8 Å². The average Bonchev–Trinajstić information content (AvgIpc) is 3.05. The SMILES string of the molecule is CCOCc1cccc(C[C@H](O)/C=C/[C@H]2[C@H](O)CC(=O)[C@@H]2CCSCCCC(=O)OCC)c1. The second-order valence-electron chi connectivity index (χ2n) is 8.34. The molecule has 7 heteroatoms. The molecule has 0 aromatic heterocycles. The summed E-state index contributed by atoms with van der Waals surface area (Å²) in [5, 5.41) is 20.9. The molecule has 2 rings (SSSR count). The number of thioether (sulfide) groups is 1. The lowest BCUT2D eigenvalue weighted by atomic mass is 9.91. The molecule has 1 aromatic rings. The summed E-state index contributed by atoms with van der Waals surface area (Å²) >= 11 is 1.71. The number of rotatable bonds is 15. The largest absolute Gasteiger partial charge is 0.466 e. The molecule has 0 amide bonds. The van der Waals surface area contributed by atoms with Crippen LogP contribution in [0.3, 0.4) is 0 Å². The highest BCUT2D eigenvalue weighted by atomic mass is 32.2. The molecule has 0 aliphatic heterocycles. The molecule has 0 bridgehead atoms. The van der Waals surface area contributed by atoms with Gasteiger partial charge in [-0.1, -0.05) is 36.4 Å². The van der Waals surface area contributed by atoms with Crippen LogP contribution in [-0.2, 0) is 32.1 Å². The highest BCUT2D eigenvalue weighted by Gasteiger charge is 2.39. The number of Topliss-reactive ketones (excluding diaryl/α,β-unsaturated/α-hetero) is 1. The first-order valence-electron chi connectivity index (χ1n) is 11.9. The van der Waals surface area contributed by atoms with Gasteiger partial charge in [0.1, 0.15) is 5.78 Å². The van der Waals surface area contributed by atoms with E-state index in [1.807, 2.05) is 37.3 Å². The molecule has 184 valence electrons. The van der Waals surface area contributed by atoms with Gasteiger partial charge in [0.05, 0.1) is 25.4 Å². The van der Waals surface area contributed by atoms with E-state index in [0.29, 0.717) is 39.1 Å². The van der Waals surface area contributed by atoms with Gasteiger partial charge in [-0.25, -0.2) is 0 Å². The van der Waals surface area contributed by atoms with Crippen molar-refractivity contribution in [2.45, 2.75) is 64.8 Å². The molecule has 1 saturated carbocycles. The first-order valence-corrected chi connectivity index (χ1v) is 13.1. The van der Waals surface area contributed by atoms with Gasteiger partial charge in [0.2, 0.25) is 0 Å². The lowest BCUT2D eigenvalue weighted by Crippen LogP contribution is -2.20. The topological polar surface area (TPSA) is 93.1 Å². The summed E-state index contributed by atoms with van der Waals surface area (Å²) in [5.74, 6) is 1.06. The first kappa shape index (κ1) is 27.6. The van der Waals surface area contributed by atoms with Crippen molar-refractivity contribution in [1.82, 2.24) is 0 Å². The van der Waals surface area contributed by atoms with E-state index in [4.69, 9.17) is 9.47 Å². The van der Waals surface area contributed by atoms with Crippen molar-refractivity contribution in [2.24, 2.45) is 11.8 Å². The molecule has 4 atom stereocenters. The van der Waals surface area contributed by atoms with Gasteiger partial charge in [0, 0.05) is 37.7 Å². The van der Waals surface area contributed by atoms with Gasteiger partial charge in [0.15, 0.2) is 0 Å². The third-order valence-electron chi connectivity index (χ3n) is 5.75. The van der Waals surface area contributed by atoms with Gasteiger partial charge in [-0.2, -0.15) is 11.8 Å². The van der Waals surface area contributed by atoms with Gasteiger partial charge in [-0.3, -0.25) is 9.59 Å². The summed E-state index contributed by atoms with van der Waals surface area (Å²) in [6.07, 6.45) is 4.64.